The van der Waals surface area contributed by atoms with Gasteiger partial charge in [0, 0.05) is 0 Å². The maximum absolute atomic E-state index is 12.5. The van der Waals surface area contributed by atoms with Crippen molar-refractivity contribution in [2.24, 2.45) is 0 Å². The Hall–Kier alpha value is -3.03. The molecule has 1 amide bonds. The molecule has 1 aromatic carbocycles. The lowest BCUT2D eigenvalue weighted by atomic mass is 10.2. The van der Waals surface area contributed by atoms with E-state index in [1.807, 2.05) is 26.0 Å². The Labute approximate surface area is 145 Å². The van der Waals surface area contributed by atoms with Crippen molar-refractivity contribution in [1.29, 1.82) is 0 Å². The molecule has 0 saturated carbocycles. The highest BCUT2D eigenvalue weighted by atomic mass is 16.6. The molecule has 2 heterocycles. The van der Waals surface area contributed by atoms with Crippen LogP contribution in [0, 0.1) is 0 Å². The fourth-order valence-electron chi connectivity index (χ4n) is 2.24. The highest BCUT2D eigenvalue weighted by molar-refractivity contribution is 5.95. The van der Waals surface area contributed by atoms with Crippen LogP contribution >= 0.6 is 0 Å². The van der Waals surface area contributed by atoms with E-state index in [0.717, 1.165) is 0 Å². The van der Waals surface area contributed by atoms with Crippen LogP contribution in [-0.4, -0.2) is 41.8 Å². The maximum atomic E-state index is 12.5. The van der Waals surface area contributed by atoms with Gasteiger partial charge < -0.3 is 24.3 Å². The van der Waals surface area contributed by atoms with Crippen LogP contribution in [0.15, 0.2) is 30.5 Å². The fourth-order valence-corrected chi connectivity index (χ4v) is 2.24. The predicted octanol–water partition coefficient (Wildman–Crippen LogP) is 2.05. The van der Waals surface area contributed by atoms with Crippen molar-refractivity contribution in [3.63, 3.8) is 0 Å². The molecule has 1 atom stereocenters. The lowest BCUT2D eigenvalue weighted by Crippen LogP contribution is -2.40. The molecule has 0 bridgehead atoms. The molecule has 2 aromatic rings. The van der Waals surface area contributed by atoms with Gasteiger partial charge in [-0.3, -0.25) is 4.79 Å². The van der Waals surface area contributed by atoms with Gasteiger partial charge in [0.05, 0.1) is 19.4 Å². The zero-order valence-electron chi connectivity index (χ0n) is 14.0. The second-order valence-electron chi connectivity index (χ2n) is 5.09. The molecule has 1 aliphatic rings. The first-order valence-electron chi connectivity index (χ1n) is 8.03. The van der Waals surface area contributed by atoms with Crippen molar-refractivity contribution in [2.75, 3.05) is 25.1 Å². The molecule has 0 fully saturated rings. The van der Waals surface area contributed by atoms with Gasteiger partial charge >= 0.3 is 6.01 Å². The predicted molar refractivity (Wildman–Crippen MR) is 89.4 cm³/mol. The average molecular weight is 345 g/mol. The summed E-state index contributed by atoms with van der Waals surface area (Å²) in [6.45, 7) is 4.59. The molecular weight excluding hydrogens is 326 g/mol. The standard InChI is InChI=1S/C17H19N3O5/c1-3-22-16-11(9-18-17(20-16)23-4-2)19-15(21)14-10-24-12-7-5-6-8-13(12)25-14/h5-9,14H,3-4,10H2,1-2H3,(H,19,21). The minimum atomic E-state index is -0.782. The number of anilines is 1. The molecular formula is C17H19N3O5. The zero-order valence-corrected chi connectivity index (χ0v) is 14.0. The number of para-hydroxylation sites is 2. The number of hydrogen-bond acceptors (Lipinski definition) is 7. The highest BCUT2D eigenvalue weighted by Crippen LogP contribution is 2.31. The number of ether oxygens (including phenoxy) is 4. The third-order valence-electron chi connectivity index (χ3n) is 3.35. The SMILES string of the molecule is CCOc1ncc(NC(=O)C2COc3ccccc3O2)c(OCC)n1. The molecule has 1 aliphatic heterocycles. The van der Waals surface area contributed by atoms with Gasteiger partial charge in [0.25, 0.3) is 5.91 Å². The van der Waals surface area contributed by atoms with E-state index in [9.17, 15) is 4.79 Å². The first-order valence-corrected chi connectivity index (χ1v) is 8.03. The number of aromatic nitrogens is 2. The summed E-state index contributed by atoms with van der Waals surface area (Å²) in [5.74, 6) is 1.02. The number of carbonyl (C=O) groups is 1. The van der Waals surface area contributed by atoms with Crippen LogP contribution in [0.2, 0.25) is 0 Å². The lowest BCUT2D eigenvalue weighted by Gasteiger charge is -2.25. The van der Waals surface area contributed by atoms with Gasteiger partial charge in [-0.2, -0.15) is 4.98 Å². The van der Waals surface area contributed by atoms with Crippen molar-refractivity contribution in [3.8, 4) is 23.4 Å². The van der Waals surface area contributed by atoms with Gasteiger partial charge in [-0.05, 0) is 26.0 Å². The normalized spacial score (nSPS) is 15.4. The van der Waals surface area contributed by atoms with E-state index in [2.05, 4.69) is 15.3 Å². The molecule has 0 radical (unpaired) electrons. The molecule has 0 aliphatic carbocycles. The molecule has 1 unspecified atom stereocenters. The summed E-state index contributed by atoms with van der Waals surface area (Å²) in [5, 5.41) is 2.72. The molecule has 1 N–H and O–H groups in total. The molecule has 0 spiro atoms. The van der Waals surface area contributed by atoms with E-state index in [1.54, 1.807) is 12.1 Å². The summed E-state index contributed by atoms with van der Waals surface area (Å²) in [6, 6.07) is 7.39. The third-order valence-corrected chi connectivity index (χ3v) is 3.35. The molecule has 8 heteroatoms. The fraction of sp³-hybridized carbons (Fsp3) is 0.353. The second kappa shape index (κ2) is 7.69. The number of nitrogens with zero attached hydrogens (tertiary/aromatic N) is 2. The number of amides is 1. The van der Waals surface area contributed by atoms with Crippen LogP contribution in [0.3, 0.4) is 0 Å². The minimum Gasteiger partial charge on any atom is -0.485 e. The quantitative estimate of drug-likeness (QED) is 0.856. The molecule has 3 rings (SSSR count). The number of fused-ring (bicyclic) bond motifs is 1. The number of nitrogens with one attached hydrogen (secondary N) is 1. The lowest BCUT2D eigenvalue weighted by molar-refractivity contribution is -0.125. The van der Waals surface area contributed by atoms with Gasteiger partial charge in [0.2, 0.25) is 12.0 Å². The van der Waals surface area contributed by atoms with Crippen LogP contribution in [0.1, 0.15) is 13.8 Å². The summed E-state index contributed by atoms with van der Waals surface area (Å²) in [4.78, 5) is 20.7. The van der Waals surface area contributed by atoms with Crippen molar-refractivity contribution in [1.82, 2.24) is 9.97 Å². The molecule has 25 heavy (non-hydrogen) atoms. The van der Waals surface area contributed by atoms with Gasteiger partial charge in [-0.1, -0.05) is 12.1 Å². The van der Waals surface area contributed by atoms with Crippen molar-refractivity contribution in [3.05, 3.63) is 30.5 Å². The van der Waals surface area contributed by atoms with E-state index in [-0.39, 0.29) is 24.4 Å². The summed E-state index contributed by atoms with van der Waals surface area (Å²) < 4.78 is 21.9. The molecule has 132 valence electrons. The Morgan fingerprint density at radius 1 is 1.24 bits per heavy atom. The largest absolute Gasteiger partial charge is 0.485 e. The van der Waals surface area contributed by atoms with Crippen molar-refractivity contribution < 1.29 is 23.7 Å². The van der Waals surface area contributed by atoms with E-state index >= 15 is 0 Å². The number of hydrogen-bond donors (Lipinski definition) is 1. The van der Waals surface area contributed by atoms with Crippen LogP contribution in [0.5, 0.6) is 23.4 Å². The Morgan fingerprint density at radius 3 is 2.76 bits per heavy atom. The van der Waals surface area contributed by atoms with E-state index in [1.165, 1.54) is 6.20 Å². The summed E-state index contributed by atoms with van der Waals surface area (Å²) in [5.41, 5.74) is 0.345. The van der Waals surface area contributed by atoms with Crippen molar-refractivity contribution >= 4 is 11.6 Å². The van der Waals surface area contributed by atoms with Crippen LogP contribution in [-0.2, 0) is 4.79 Å². The Balaban J connectivity index is 1.72. The van der Waals surface area contributed by atoms with Crippen LogP contribution < -0.4 is 24.3 Å². The van der Waals surface area contributed by atoms with Gasteiger partial charge in [0.1, 0.15) is 12.3 Å². The summed E-state index contributed by atoms with van der Waals surface area (Å²) >= 11 is 0. The van der Waals surface area contributed by atoms with Gasteiger partial charge in [-0.15, -0.1) is 0 Å². The van der Waals surface area contributed by atoms with E-state index in [0.29, 0.717) is 30.4 Å². The maximum Gasteiger partial charge on any atom is 0.319 e. The zero-order chi connectivity index (χ0) is 17.6. The average Bonchev–Trinajstić information content (AvgIpc) is 2.64. The van der Waals surface area contributed by atoms with Crippen molar-refractivity contribution in [2.45, 2.75) is 20.0 Å². The van der Waals surface area contributed by atoms with E-state index in [4.69, 9.17) is 18.9 Å². The minimum absolute atomic E-state index is 0.116. The third kappa shape index (κ3) is 3.90. The topological polar surface area (TPSA) is 91.8 Å². The van der Waals surface area contributed by atoms with Crippen LogP contribution in [0.25, 0.3) is 0 Å². The van der Waals surface area contributed by atoms with Gasteiger partial charge in [-0.25, -0.2) is 4.98 Å². The molecule has 0 saturated heterocycles. The van der Waals surface area contributed by atoms with Crippen LogP contribution in [0.4, 0.5) is 5.69 Å². The molecule has 1 aromatic heterocycles. The Morgan fingerprint density at radius 2 is 2.00 bits per heavy atom. The number of carbonyl (C=O) groups excluding carboxylic acids is 1. The molecule has 8 nitrogen and oxygen atoms in total. The second-order valence-corrected chi connectivity index (χ2v) is 5.09. The first kappa shape index (κ1) is 16.8. The Kier molecular flexibility index (Phi) is 5.17. The Bertz CT molecular complexity index is 753. The first-order chi connectivity index (χ1) is 12.2. The smallest absolute Gasteiger partial charge is 0.319 e. The summed E-state index contributed by atoms with van der Waals surface area (Å²) in [7, 11) is 0. The number of benzene rings is 1. The van der Waals surface area contributed by atoms with Gasteiger partial charge in [0.15, 0.2) is 11.5 Å². The number of rotatable bonds is 6. The monoisotopic (exact) mass is 345 g/mol. The summed E-state index contributed by atoms with van der Waals surface area (Å²) in [6.07, 6.45) is 0.661. The highest BCUT2D eigenvalue weighted by Gasteiger charge is 2.28. The van der Waals surface area contributed by atoms with E-state index < -0.39 is 6.10 Å².